The lowest BCUT2D eigenvalue weighted by atomic mass is 10.2. The number of thioether (sulfide) groups is 2. The molecule has 0 saturated heterocycles. The molecule has 0 fully saturated rings. The lowest BCUT2D eigenvalue weighted by Crippen LogP contribution is -2.25. The molecule has 4 rings (SSSR count). The number of methoxy groups -OCH3 is 1. The van der Waals surface area contributed by atoms with Gasteiger partial charge < -0.3 is 10.1 Å². The van der Waals surface area contributed by atoms with E-state index in [4.69, 9.17) is 4.74 Å². The van der Waals surface area contributed by atoms with Crippen LogP contribution in [0.4, 0.5) is 5.13 Å². The van der Waals surface area contributed by atoms with Gasteiger partial charge in [-0.1, -0.05) is 66.0 Å². The van der Waals surface area contributed by atoms with Crippen molar-refractivity contribution >= 4 is 51.8 Å². The molecule has 0 aliphatic carbocycles. The van der Waals surface area contributed by atoms with Crippen molar-refractivity contribution in [1.29, 1.82) is 0 Å². The van der Waals surface area contributed by atoms with E-state index in [1.165, 1.54) is 30.2 Å². The molecule has 0 bridgehead atoms. The summed E-state index contributed by atoms with van der Waals surface area (Å²) in [5, 5.41) is 23.3. The number of aromatic nitrogens is 5. The van der Waals surface area contributed by atoms with Gasteiger partial charge in [0.2, 0.25) is 11.0 Å². The van der Waals surface area contributed by atoms with E-state index in [1.54, 1.807) is 36.0 Å². The third-order valence-electron chi connectivity index (χ3n) is 4.97. The number of carbonyl (C=O) groups excluding carboxylic acids is 2. The minimum absolute atomic E-state index is 0.105. The van der Waals surface area contributed by atoms with E-state index in [-0.39, 0.29) is 24.1 Å². The first-order valence-corrected chi connectivity index (χ1v) is 14.1. The Morgan fingerprint density at radius 2 is 1.89 bits per heavy atom. The van der Waals surface area contributed by atoms with Crippen LogP contribution in [0.2, 0.25) is 0 Å². The summed E-state index contributed by atoms with van der Waals surface area (Å²) in [6.45, 7) is 4.15. The van der Waals surface area contributed by atoms with E-state index in [0.717, 1.165) is 21.3 Å². The summed E-state index contributed by atoms with van der Waals surface area (Å²) in [7, 11) is 1.52. The van der Waals surface area contributed by atoms with Crippen molar-refractivity contribution in [3.8, 4) is 11.4 Å². The molecule has 2 aromatic heterocycles. The zero-order valence-electron chi connectivity index (χ0n) is 20.4. The summed E-state index contributed by atoms with van der Waals surface area (Å²) >= 11 is 4.16. The van der Waals surface area contributed by atoms with E-state index >= 15 is 0 Å². The molecule has 10 nitrogen and oxygen atoms in total. The number of hydrogen-bond acceptors (Lipinski definition) is 10. The Morgan fingerprint density at radius 1 is 1.05 bits per heavy atom. The molecule has 0 atom stereocenters. The number of rotatable bonds is 11. The molecule has 0 unspecified atom stereocenters. The number of para-hydroxylation sites is 1. The predicted molar refractivity (Wildman–Crippen MR) is 146 cm³/mol. The Hall–Kier alpha value is -3.42. The van der Waals surface area contributed by atoms with E-state index in [9.17, 15) is 9.59 Å². The van der Waals surface area contributed by atoms with Crippen LogP contribution in [0.25, 0.3) is 5.69 Å². The second-order valence-electron chi connectivity index (χ2n) is 7.60. The zero-order valence-corrected chi connectivity index (χ0v) is 22.9. The second kappa shape index (κ2) is 12.7. The van der Waals surface area contributed by atoms with Gasteiger partial charge in [0.15, 0.2) is 15.3 Å². The van der Waals surface area contributed by atoms with Crippen LogP contribution in [0.5, 0.6) is 5.75 Å². The van der Waals surface area contributed by atoms with Crippen LogP contribution in [-0.2, 0) is 11.3 Å². The van der Waals surface area contributed by atoms with Crippen LogP contribution < -0.4 is 15.4 Å². The minimum Gasteiger partial charge on any atom is -0.496 e. The third kappa shape index (κ3) is 6.87. The number of nitrogens with zero attached hydrogens (tertiary/aromatic N) is 5. The van der Waals surface area contributed by atoms with Crippen molar-refractivity contribution < 1.29 is 14.3 Å². The van der Waals surface area contributed by atoms with Crippen LogP contribution in [0, 0.1) is 6.92 Å². The molecule has 2 N–H and O–H groups in total. The van der Waals surface area contributed by atoms with Crippen molar-refractivity contribution in [3.63, 3.8) is 0 Å². The van der Waals surface area contributed by atoms with Crippen molar-refractivity contribution in [1.82, 2.24) is 30.3 Å². The van der Waals surface area contributed by atoms with Crippen molar-refractivity contribution in [2.75, 3.05) is 23.9 Å². The van der Waals surface area contributed by atoms with E-state index in [0.29, 0.717) is 27.4 Å². The summed E-state index contributed by atoms with van der Waals surface area (Å²) in [6.07, 6.45) is 0. The van der Waals surface area contributed by atoms with Crippen LogP contribution in [-0.4, -0.2) is 55.4 Å². The largest absolute Gasteiger partial charge is 0.496 e. The smallest absolute Gasteiger partial charge is 0.255 e. The predicted octanol–water partition coefficient (Wildman–Crippen LogP) is 4.21. The van der Waals surface area contributed by atoms with Crippen molar-refractivity contribution in [2.24, 2.45) is 0 Å². The van der Waals surface area contributed by atoms with Gasteiger partial charge in [-0.25, -0.2) is 0 Å². The summed E-state index contributed by atoms with van der Waals surface area (Å²) in [5.74, 6) is 1.49. The maximum Gasteiger partial charge on any atom is 0.255 e. The van der Waals surface area contributed by atoms with Crippen molar-refractivity contribution in [2.45, 2.75) is 29.9 Å². The minimum atomic E-state index is -0.289. The van der Waals surface area contributed by atoms with E-state index < -0.39 is 0 Å². The molecular weight excluding hydrogens is 531 g/mol. The molecule has 192 valence electrons. The lowest BCUT2D eigenvalue weighted by molar-refractivity contribution is -0.113. The number of benzene rings is 2. The second-order valence-corrected chi connectivity index (χ2v) is 11.0. The van der Waals surface area contributed by atoms with Gasteiger partial charge in [-0.3, -0.25) is 19.5 Å². The number of aryl methyl sites for hydroxylation is 1. The molecule has 2 aromatic carbocycles. The summed E-state index contributed by atoms with van der Waals surface area (Å²) in [4.78, 5) is 25.4. The molecule has 0 aliphatic rings. The molecule has 0 saturated carbocycles. The molecule has 2 heterocycles. The standard InChI is InChI=1S/C24H25N7O3S3/c1-4-35-24-30-28-22(37-24)26-20(32)14-36-23-29-27-19(31(23)16-9-7-8-15(2)12-16)13-25-21(33)17-10-5-6-11-18(17)34-3/h5-12H,4,13-14H2,1-3H3,(H,25,33)(H,26,28,32). The Balaban J connectivity index is 1.49. The van der Waals surface area contributed by atoms with Gasteiger partial charge in [0.25, 0.3) is 5.91 Å². The van der Waals surface area contributed by atoms with Gasteiger partial charge in [-0.2, -0.15) is 0 Å². The first kappa shape index (κ1) is 26.6. The van der Waals surface area contributed by atoms with Gasteiger partial charge in [0.05, 0.1) is 25.0 Å². The molecule has 37 heavy (non-hydrogen) atoms. The number of hydrogen-bond donors (Lipinski definition) is 2. The lowest BCUT2D eigenvalue weighted by Gasteiger charge is -2.12. The number of ether oxygens (including phenoxy) is 1. The Bertz CT molecular complexity index is 1390. The quantitative estimate of drug-likeness (QED) is 0.207. The highest BCUT2D eigenvalue weighted by Gasteiger charge is 2.19. The van der Waals surface area contributed by atoms with Gasteiger partial charge >= 0.3 is 0 Å². The van der Waals surface area contributed by atoms with Gasteiger partial charge in [0, 0.05) is 5.69 Å². The highest BCUT2D eigenvalue weighted by molar-refractivity contribution is 8.01. The van der Waals surface area contributed by atoms with Gasteiger partial charge in [-0.05, 0) is 42.5 Å². The molecule has 2 amide bonds. The van der Waals surface area contributed by atoms with Gasteiger partial charge in [0.1, 0.15) is 5.75 Å². The molecule has 0 spiro atoms. The maximum atomic E-state index is 12.8. The highest BCUT2D eigenvalue weighted by atomic mass is 32.2. The summed E-state index contributed by atoms with van der Waals surface area (Å²) < 4.78 is 7.95. The fourth-order valence-electron chi connectivity index (χ4n) is 3.35. The average Bonchev–Trinajstić information content (AvgIpc) is 3.52. The Labute approximate surface area is 226 Å². The average molecular weight is 556 g/mol. The molecule has 13 heteroatoms. The first-order valence-electron chi connectivity index (χ1n) is 11.3. The van der Waals surface area contributed by atoms with Gasteiger partial charge in [-0.15, -0.1) is 20.4 Å². The number of anilines is 1. The molecular formula is C24H25N7O3S3. The summed E-state index contributed by atoms with van der Waals surface area (Å²) in [6, 6.07) is 14.9. The number of nitrogens with one attached hydrogen (secondary N) is 2. The van der Waals surface area contributed by atoms with Crippen molar-refractivity contribution in [3.05, 3.63) is 65.5 Å². The van der Waals surface area contributed by atoms with Crippen LogP contribution in [0.3, 0.4) is 0 Å². The molecule has 0 radical (unpaired) electrons. The van der Waals surface area contributed by atoms with Crippen LogP contribution in [0.15, 0.2) is 58.0 Å². The van der Waals surface area contributed by atoms with Crippen LogP contribution >= 0.6 is 34.9 Å². The number of amides is 2. The third-order valence-corrected chi connectivity index (χ3v) is 7.75. The topological polar surface area (TPSA) is 124 Å². The fraction of sp³-hybridized carbons (Fsp3) is 0.250. The summed E-state index contributed by atoms with van der Waals surface area (Å²) in [5.41, 5.74) is 2.32. The first-order chi connectivity index (χ1) is 18.0. The maximum absolute atomic E-state index is 12.8. The monoisotopic (exact) mass is 555 g/mol. The van der Waals surface area contributed by atoms with Crippen LogP contribution in [0.1, 0.15) is 28.7 Å². The normalized spacial score (nSPS) is 10.8. The SMILES string of the molecule is CCSc1nnc(NC(=O)CSc2nnc(CNC(=O)c3ccccc3OC)n2-c2cccc(C)c2)s1. The highest BCUT2D eigenvalue weighted by Crippen LogP contribution is 2.26. The Morgan fingerprint density at radius 3 is 2.68 bits per heavy atom. The Kier molecular flexibility index (Phi) is 9.14. The van der Waals surface area contributed by atoms with E-state index in [2.05, 4.69) is 31.0 Å². The number of carbonyl (C=O) groups is 2. The molecule has 4 aromatic rings. The van der Waals surface area contributed by atoms with E-state index in [1.807, 2.05) is 42.7 Å². The fourth-order valence-corrected chi connectivity index (χ4v) is 5.78. The zero-order chi connectivity index (χ0) is 26.2. The molecule has 0 aliphatic heterocycles.